The van der Waals surface area contributed by atoms with Crippen LogP contribution in [0.3, 0.4) is 0 Å². The highest BCUT2D eigenvalue weighted by Crippen LogP contribution is 2.42. The Hall–Kier alpha value is -7.42. The fourth-order valence-corrected chi connectivity index (χ4v) is 8.06. The molecule has 0 fully saturated rings. The molecule has 9 aromatic carbocycles. The zero-order chi connectivity index (χ0) is 37.3. The molecule has 0 N–H and O–H groups in total. The second-order valence-electron chi connectivity index (χ2n) is 14.2. The molecule has 56 heavy (non-hydrogen) atoms. The van der Waals surface area contributed by atoms with Gasteiger partial charge in [0, 0.05) is 33.4 Å². The van der Waals surface area contributed by atoms with E-state index in [1.54, 1.807) is 0 Å². The summed E-state index contributed by atoms with van der Waals surface area (Å²) in [5.41, 5.74) is 16.3. The maximum absolute atomic E-state index is 2.47. The molecule has 0 radical (unpaired) electrons. The summed E-state index contributed by atoms with van der Waals surface area (Å²) in [4.78, 5) is 2.38. The summed E-state index contributed by atoms with van der Waals surface area (Å²) < 4.78 is 2.47. The molecule has 0 aliphatic rings. The maximum Gasteiger partial charge on any atom is 0.0562 e. The van der Waals surface area contributed by atoms with E-state index in [0.29, 0.717) is 0 Å². The van der Waals surface area contributed by atoms with Crippen molar-refractivity contribution in [3.63, 3.8) is 0 Å². The lowest BCUT2D eigenvalue weighted by atomic mass is 9.98. The first-order valence-corrected chi connectivity index (χ1v) is 19.2. The SMILES string of the molecule is c1ccc(-c2ccc(N(c3ccc(-c4ccccc4)cc3)c3ccc4c5ccccc5n(-c5cc(-c6ccccc6)ccc5-c5ccccc5)c4c3)cc2)cc1. The Labute approximate surface area is 327 Å². The third-order valence-corrected chi connectivity index (χ3v) is 10.8. The molecule has 0 atom stereocenters. The van der Waals surface area contributed by atoms with Crippen LogP contribution in [0.2, 0.25) is 0 Å². The van der Waals surface area contributed by atoms with Gasteiger partial charge >= 0.3 is 0 Å². The van der Waals surface area contributed by atoms with E-state index in [4.69, 9.17) is 0 Å². The zero-order valence-electron chi connectivity index (χ0n) is 30.8. The maximum atomic E-state index is 2.47. The first-order chi connectivity index (χ1) is 27.8. The molecule has 0 aliphatic heterocycles. The van der Waals surface area contributed by atoms with Gasteiger partial charge in [0.1, 0.15) is 0 Å². The molecule has 1 heterocycles. The van der Waals surface area contributed by atoms with Crippen molar-refractivity contribution in [2.24, 2.45) is 0 Å². The van der Waals surface area contributed by atoms with Crippen molar-refractivity contribution in [1.29, 1.82) is 0 Å². The summed E-state index contributed by atoms with van der Waals surface area (Å²) in [5.74, 6) is 0. The lowest BCUT2D eigenvalue weighted by Gasteiger charge is -2.26. The lowest BCUT2D eigenvalue weighted by Crippen LogP contribution is -2.10. The van der Waals surface area contributed by atoms with Gasteiger partial charge in [0.05, 0.1) is 16.7 Å². The van der Waals surface area contributed by atoms with Gasteiger partial charge in [-0.15, -0.1) is 0 Å². The third-order valence-electron chi connectivity index (χ3n) is 10.8. The molecule has 0 spiro atoms. The predicted octanol–water partition coefficient (Wildman–Crippen LogP) is 14.9. The number of rotatable bonds is 8. The van der Waals surface area contributed by atoms with Crippen molar-refractivity contribution in [2.75, 3.05) is 4.90 Å². The summed E-state index contributed by atoms with van der Waals surface area (Å²) in [6.45, 7) is 0. The molecule has 0 aliphatic carbocycles. The molecule has 2 nitrogen and oxygen atoms in total. The van der Waals surface area contributed by atoms with Crippen LogP contribution in [0.15, 0.2) is 231 Å². The van der Waals surface area contributed by atoms with Crippen molar-refractivity contribution in [3.05, 3.63) is 231 Å². The number of hydrogen-bond donors (Lipinski definition) is 0. The average molecular weight is 715 g/mol. The highest BCUT2D eigenvalue weighted by Gasteiger charge is 2.20. The van der Waals surface area contributed by atoms with Gasteiger partial charge in [-0.3, -0.25) is 0 Å². The third kappa shape index (κ3) is 6.14. The van der Waals surface area contributed by atoms with Crippen molar-refractivity contribution in [2.45, 2.75) is 0 Å². The predicted molar refractivity (Wildman–Crippen MR) is 237 cm³/mol. The second kappa shape index (κ2) is 14.4. The fourth-order valence-electron chi connectivity index (χ4n) is 8.06. The van der Waals surface area contributed by atoms with Gasteiger partial charge < -0.3 is 9.47 Å². The summed E-state index contributed by atoms with van der Waals surface area (Å²) in [7, 11) is 0. The van der Waals surface area contributed by atoms with Gasteiger partial charge in [-0.2, -0.15) is 0 Å². The molecule has 0 bridgehead atoms. The van der Waals surface area contributed by atoms with Gasteiger partial charge in [-0.05, 0) is 87.5 Å². The minimum absolute atomic E-state index is 1.09. The van der Waals surface area contributed by atoms with Crippen LogP contribution in [0.5, 0.6) is 0 Å². The van der Waals surface area contributed by atoms with Gasteiger partial charge in [0.25, 0.3) is 0 Å². The Morgan fingerprint density at radius 3 is 1.23 bits per heavy atom. The van der Waals surface area contributed by atoms with Crippen LogP contribution in [-0.4, -0.2) is 4.57 Å². The van der Waals surface area contributed by atoms with Crippen LogP contribution < -0.4 is 4.90 Å². The van der Waals surface area contributed by atoms with E-state index >= 15 is 0 Å². The topological polar surface area (TPSA) is 8.17 Å². The van der Waals surface area contributed by atoms with Crippen molar-refractivity contribution < 1.29 is 0 Å². The van der Waals surface area contributed by atoms with E-state index in [2.05, 4.69) is 240 Å². The summed E-state index contributed by atoms with van der Waals surface area (Å²) >= 11 is 0. The van der Waals surface area contributed by atoms with E-state index in [-0.39, 0.29) is 0 Å². The van der Waals surface area contributed by atoms with Crippen LogP contribution >= 0.6 is 0 Å². The number of aromatic nitrogens is 1. The van der Waals surface area contributed by atoms with E-state index in [1.165, 1.54) is 60.8 Å². The van der Waals surface area contributed by atoms with Gasteiger partial charge in [0.15, 0.2) is 0 Å². The van der Waals surface area contributed by atoms with E-state index in [0.717, 1.165) is 28.3 Å². The quantitative estimate of drug-likeness (QED) is 0.152. The minimum atomic E-state index is 1.09. The first-order valence-electron chi connectivity index (χ1n) is 19.2. The van der Waals surface area contributed by atoms with E-state index in [1.807, 2.05) is 0 Å². The Kier molecular flexibility index (Phi) is 8.55. The minimum Gasteiger partial charge on any atom is -0.310 e. The number of benzene rings is 9. The molecular formula is C54H38N2. The molecule has 264 valence electrons. The highest BCUT2D eigenvalue weighted by atomic mass is 15.1. The van der Waals surface area contributed by atoms with Crippen LogP contribution in [0.25, 0.3) is 72.0 Å². The second-order valence-corrected chi connectivity index (χ2v) is 14.2. The van der Waals surface area contributed by atoms with Gasteiger partial charge in [0.2, 0.25) is 0 Å². The fraction of sp³-hybridized carbons (Fsp3) is 0. The largest absolute Gasteiger partial charge is 0.310 e. The number of para-hydroxylation sites is 1. The molecule has 0 saturated heterocycles. The van der Waals surface area contributed by atoms with E-state index < -0.39 is 0 Å². The highest BCUT2D eigenvalue weighted by molar-refractivity contribution is 6.11. The normalized spacial score (nSPS) is 11.2. The zero-order valence-corrected chi connectivity index (χ0v) is 30.8. The first kappa shape index (κ1) is 33.2. The van der Waals surface area contributed by atoms with Crippen LogP contribution in [0.4, 0.5) is 17.1 Å². The number of hydrogen-bond acceptors (Lipinski definition) is 1. The summed E-state index contributed by atoms with van der Waals surface area (Å²) in [6, 6.07) is 83.1. The van der Waals surface area contributed by atoms with Crippen molar-refractivity contribution in [1.82, 2.24) is 4.57 Å². The Morgan fingerprint density at radius 1 is 0.268 bits per heavy atom. The molecule has 0 saturated carbocycles. The standard InChI is InChI=1S/C54H38N2/c1-5-15-39(16-6-1)42-25-30-46(31-26-42)55(47-32-27-43(28-33-47)40-17-7-2-8-18-40)48-34-36-51-50-23-13-14-24-52(50)56(54(51)38-48)53-37-45(41-19-9-3-10-20-41)29-35-49(53)44-21-11-4-12-22-44/h1-38H. The monoisotopic (exact) mass is 714 g/mol. The Bertz CT molecular complexity index is 2830. The molecule has 1 aromatic heterocycles. The molecule has 2 heteroatoms. The number of anilines is 3. The molecule has 10 aromatic rings. The summed E-state index contributed by atoms with van der Waals surface area (Å²) in [5, 5.41) is 2.44. The Balaban J connectivity index is 1.19. The van der Waals surface area contributed by atoms with Crippen LogP contribution in [0, 0.1) is 0 Å². The lowest BCUT2D eigenvalue weighted by molar-refractivity contribution is 1.18. The molecule has 10 rings (SSSR count). The van der Waals surface area contributed by atoms with Gasteiger partial charge in [-0.25, -0.2) is 0 Å². The van der Waals surface area contributed by atoms with Crippen molar-refractivity contribution in [3.8, 4) is 50.2 Å². The molecule has 0 unspecified atom stereocenters. The smallest absolute Gasteiger partial charge is 0.0562 e. The van der Waals surface area contributed by atoms with Crippen LogP contribution in [0.1, 0.15) is 0 Å². The van der Waals surface area contributed by atoms with Gasteiger partial charge in [-0.1, -0.05) is 182 Å². The number of nitrogens with zero attached hydrogens (tertiary/aromatic N) is 2. The van der Waals surface area contributed by atoms with E-state index in [9.17, 15) is 0 Å². The molecular weight excluding hydrogens is 677 g/mol. The number of fused-ring (bicyclic) bond motifs is 3. The van der Waals surface area contributed by atoms with Crippen LogP contribution in [-0.2, 0) is 0 Å². The molecule has 0 amide bonds. The summed E-state index contributed by atoms with van der Waals surface area (Å²) in [6.07, 6.45) is 0. The average Bonchev–Trinajstić information content (AvgIpc) is 3.61. The van der Waals surface area contributed by atoms with Crippen molar-refractivity contribution >= 4 is 38.9 Å². The Morgan fingerprint density at radius 2 is 0.679 bits per heavy atom.